The lowest BCUT2D eigenvalue weighted by atomic mass is 10.2. The zero-order valence-electron chi connectivity index (χ0n) is 11.2. The summed E-state index contributed by atoms with van der Waals surface area (Å²) in [6.45, 7) is 6.97. The maximum atomic E-state index is 11.8. The molecule has 0 bridgehead atoms. The van der Waals surface area contributed by atoms with E-state index in [9.17, 15) is 8.42 Å². The van der Waals surface area contributed by atoms with E-state index in [1.807, 2.05) is 19.2 Å². The number of sulfonamides is 1. The average Bonchev–Trinajstić information content (AvgIpc) is 2.73. The van der Waals surface area contributed by atoms with Crippen LogP contribution >= 0.6 is 11.3 Å². The van der Waals surface area contributed by atoms with Gasteiger partial charge in [0, 0.05) is 24.0 Å². The highest BCUT2D eigenvalue weighted by Gasteiger charge is 2.11. The van der Waals surface area contributed by atoms with E-state index in [0.717, 1.165) is 11.3 Å². The van der Waals surface area contributed by atoms with Crippen LogP contribution in [0, 0.1) is 0 Å². The lowest BCUT2D eigenvalue weighted by Crippen LogP contribution is -2.34. The lowest BCUT2D eigenvalue weighted by molar-refractivity contribution is 0.567. The summed E-state index contributed by atoms with van der Waals surface area (Å²) in [7, 11) is -3.18. The van der Waals surface area contributed by atoms with Gasteiger partial charge in [0.1, 0.15) is 0 Å². The van der Waals surface area contributed by atoms with Crippen LogP contribution in [0.15, 0.2) is 11.4 Å². The van der Waals surface area contributed by atoms with Gasteiger partial charge in [-0.15, -0.1) is 11.3 Å². The molecule has 0 saturated heterocycles. The van der Waals surface area contributed by atoms with Crippen LogP contribution < -0.4 is 10.0 Å². The molecule has 0 aromatic carbocycles. The fourth-order valence-corrected chi connectivity index (χ4v) is 3.47. The molecule has 18 heavy (non-hydrogen) atoms. The first-order valence-corrected chi connectivity index (χ1v) is 8.73. The third kappa shape index (κ3) is 5.48. The topological polar surface area (TPSA) is 58.2 Å². The monoisotopic (exact) mass is 290 g/mol. The summed E-state index contributed by atoms with van der Waals surface area (Å²) < 4.78 is 26.2. The first-order chi connectivity index (χ1) is 8.44. The highest BCUT2D eigenvalue weighted by atomic mass is 32.2. The first-order valence-electron chi connectivity index (χ1n) is 6.20. The summed E-state index contributed by atoms with van der Waals surface area (Å²) in [6.07, 6.45) is 0.940. The molecule has 0 saturated carbocycles. The van der Waals surface area contributed by atoms with Crippen LogP contribution in [0.4, 0.5) is 0 Å². The molecule has 0 unspecified atom stereocenters. The van der Waals surface area contributed by atoms with E-state index in [1.54, 1.807) is 11.3 Å². The molecule has 0 radical (unpaired) electrons. The predicted octanol–water partition coefficient (Wildman–Crippen LogP) is 1.73. The molecule has 1 aromatic rings. The van der Waals surface area contributed by atoms with Crippen molar-refractivity contribution in [2.45, 2.75) is 39.8 Å². The lowest BCUT2D eigenvalue weighted by Gasteiger charge is -2.09. The Hall–Kier alpha value is -0.430. The maximum absolute atomic E-state index is 11.8. The number of thiophene rings is 1. The van der Waals surface area contributed by atoms with E-state index in [1.165, 1.54) is 5.56 Å². The van der Waals surface area contributed by atoms with Crippen LogP contribution in [0.5, 0.6) is 0 Å². The highest BCUT2D eigenvalue weighted by molar-refractivity contribution is 7.89. The minimum absolute atomic E-state index is 0.123. The van der Waals surface area contributed by atoms with Gasteiger partial charge in [-0.3, -0.25) is 0 Å². The highest BCUT2D eigenvalue weighted by Crippen LogP contribution is 2.17. The smallest absolute Gasteiger partial charge is 0.213 e. The van der Waals surface area contributed by atoms with Crippen LogP contribution in [0.3, 0.4) is 0 Å². The largest absolute Gasteiger partial charge is 0.313 e. The van der Waals surface area contributed by atoms with Gasteiger partial charge in [0.25, 0.3) is 0 Å². The van der Waals surface area contributed by atoms with Crippen molar-refractivity contribution in [1.29, 1.82) is 0 Å². The average molecular weight is 290 g/mol. The molecule has 1 rings (SSSR count). The predicted molar refractivity (Wildman–Crippen MR) is 77.5 cm³/mol. The molecule has 0 spiro atoms. The van der Waals surface area contributed by atoms with E-state index >= 15 is 0 Å². The normalized spacial score (nSPS) is 12.2. The molecular weight excluding hydrogens is 268 g/mol. The fraction of sp³-hybridized carbons (Fsp3) is 0.667. The number of hydrogen-bond acceptors (Lipinski definition) is 4. The summed E-state index contributed by atoms with van der Waals surface area (Å²) in [5, 5.41) is 5.10. The zero-order chi connectivity index (χ0) is 13.6. The molecule has 104 valence electrons. The Morgan fingerprint density at radius 1 is 1.39 bits per heavy atom. The minimum atomic E-state index is -3.18. The van der Waals surface area contributed by atoms with E-state index in [0.29, 0.717) is 19.1 Å². The summed E-state index contributed by atoms with van der Waals surface area (Å²) in [5.74, 6) is 0.123. The van der Waals surface area contributed by atoms with Gasteiger partial charge >= 0.3 is 0 Å². The van der Waals surface area contributed by atoms with Crippen molar-refractivity contribution < 1.29 is 8.42 Å². The van der Waals surface area contributed by atoms with Gasteiger partial charge in [-0.1, -0.05) is 20.8 Å². The molecule has 4 nitrogen and oxygen atoms in total. The van der Waals surface area contributed by atoms with Crippen molar-refractivity contribution in [3.63, 3.8) is 0 Å². The van der Waals surface area contributed by atoms with Gasteiger partial charge < -0.3 is 5.32 Å². The second-order valence-electron chi connectivity index (χ2n) is 4.47. The van der Waals surface area contributed by atoms with Crippen LogP contribution in [0.1, 0.15) is 31.2 Å². The number of hydrogen-bond donors (Lipinski definition) is 2. The molecule has 6 heteroatoms. The van der Waals surface area contributed by atoms with Crippen molar-refractivity contribution in [3.8, 4) is 0 Å². The molecule has 0 aliphatic carbocycles. The molecular formula is C12H22N2O2S2. The second-order valence-corrected chi connectivity index (χ2v) is 7.40. The van der Waals surface area contributed by atoms with E-state index < -0.39 is 10.0 Å². The standard InChI is InChI=1S/C12H22N2O2S2/c1-4-11-5-7-17-12(11)9-14-18(15,16)8-6-13-10(2)3/h5,7,10,13-14H,4,6,8-9H2,1-3H3. The van der Waals surface area contributed by atoms with Gasteiger partial charge in [0.15, 0.2) is 0 Å². The van der Waals surface area contributed by atoms with Crippen molar-refractivity contribution in [1.82, 2.24) is 10.0 Å². The van der Waals surface area contributed by atoms with Crippen molar-refractivity contribution in [2.24, 2.45) is 0 Å². The third-order valence-corrected chi connectivity index (χ3v) is 4.88. The van der Waals surface area contributed by atoms with Crippen molar-refractivity contribution in [3.05, 3.63) is 21.9 Å². The van der Waals surface area contributed by atoms with Crippen LogP contribution in [-0.2, 0) is 23.0 Å². The Morgan fingerprint density at radius 2 is 2.11 bits per heavy atom. The molecule has 0 atom stereocenters. The Kier molecular flexibility index (Phi) is 6.28. The maximum Gasteiger partial charge on any atom is 0.213 e. The number of aryl methyl sites for hydroxylation is 1. The van der Waals surface area contributed by atoms with Gasteiger partial charge in [-0.05, 0) is 23.4 Å². The van der Waals surface area contributed by atoms with E-state index in [2.05, 4.69) is 23.0 Å². The van der Waals surface area contributed by atoms with Crippen LogP contribution in [0.25, 0.3) is 0 Å². The van der Waals surface area contributed by atoms with Crippen LogP contribution in [0.2, 0.25) is 0 Å². The third-order valence-electron chi connectivity index (χ3n) is 2.59. The molecule has 0 amide bonds. The van der Waals surface area contributed by atoms with Crippen LogP contribution in [-0.4, -0.2) is 26.8 Å². The number of nitrogens with one attached hydrogen (secondary N) is 2. The second kappa shape index (κ2) is 7.23. The van der Waals surface area contributed by atoms with Gasteiger partial charge in [-0.25, -0.2) is 13.1 Å². The van der Waals surface area contributed by atoms with Crippen molar-refractivity contribution >= 4 is 21.4 Å². The van der Waals surface area contributed by atoms with Gasteiger partial charge in [0.05, 0.1) is 5.75 Å². The van der Waals surface area contributed by atoms with Gasteiger partial charge in [0.2, 0.25) is 10.0 Å². The van der Waals surface area contributed by atoms with Crippen molar-refractivity contribution in [2.75, 3.05) is 12.3 Å². The summed E-state index contributed by atoms with van der Waals surface area (Å²) in [4.78, 5) is 1.11. The first kappa shape index (κ1) is 15.6. The van der Waals surface area contributed by atoms with Gasteiger partial charge in [-0.2, -0.15) is 0 Å². The Bertz CT molecular complexity index is 452. The molecule has 1 heterocycles. The zero-order valence-corrected chi connectivity index (χ0v) is 12.8. The summed E-state index contributed by atoms with van der Waals surface area (Å²) in [5.41, 5.74) is 1.23. The summed E-state index contributed by atoms with van der Waals surface area (Å²) in [6, 6.07) is 2.36. The number of rotatable bonds is 8. The quantitative estimate of drug-likeness (QED) is 0.766. The SMILES string of the molecule is CCc1ccsc1CNS(=O)(=O)CCNC(C)C. The molecule has 0 aliphatic heterocycles. The Morgan fingerprint density at radius 3 is 2.72 bits per heavy atom. The Balaban J connectivity index is 2.42. The van der Waals surface area contributed by atoms with E-state index in [-0.39, 0.29) is 5.75 Å². The van der Waals surface area contributed by atoms with E-state index in [4.69, 9.17) is 0 Å². The molecule has 1 aromatic heterocycles. The molecule has 0 fully saturated rings. The summed E-state index contributed by atoms with van der Waals surface area (Å²) >= 11 is 1.60. The molecule has 2 N–H and O–H groups in total. The Labute approximate surface area is 114 Å². The molecule has 0 aliphatic rings. The minimum Gasteiger partial charge on any atom is -0.313 e. The fourth-order valence-electron chi connectivity index (χ4n) is 1.57.